The third-order valence-corrected chi connectivity index (χ3v) is 7.57. The minimum absolute atomic E-state index is 0.00231. The van der Waals surface area contributed by atoms with E-state index in [0.29, 0.717) is 30.6 Å². The van der Waals surface area contributed by atoms with E-state index in [1.54, 1.807) is 12.1 Å². The van der Waals surface area contributed by atoms with Crippen LogP contribution in [0, 0.1) is 5.41 Å². The third-order valence-electron chi connectivity index (χ3n) is 7.57. The van der Waals surface area contributed by atoms with Crippen molar-refractivity contribution in [2.75, 3.05) is 6.54 Å². The lowest BCUT2D eigenvalue weighted by atomic mass is 9.86. The molecule has 0 radical (unpaired) electrons. The van der Waals surface area contributed by atoms with E-state index in [2.05, 4.69) is 39.8 Å². The summed E-state index contributed by atoms with van der Waals surface area (Å²) >= 11 is 0. The number of phenols is 1. The third kappa shape index (κ3) is 9.30. The molecule has 1 fully saturated rings. The van der Waals surface area contributed by atoms with Gasteiger partial charge in [-0.1, -0.05) is 77.9 Å². The Labute approximate surface area is 224 Å². The first-order chi connectivity index (χ1) is 17.2. The fraction of sp³-hybridized carbons (Fsp3) is 0.562. The summed E-state index contributed by atoms with van der Waals surface area (Å²) in [4.78, 5) is 24.3. The van der Waals surface area contributed by atoms with Gasteiger partial charge in [-0.3, -0.25) is 14.5 Å². The lowest BCUT2D eigenvalue weighted by Crippen LogP contribution is -2.33. The molecule has 0 spiro atoms. The second-order valence-corrected chi connectivity index (χ2v) is 10.9. The molecular formula is C32H49NO4. The zero-order valence-corrected chi connectivity index (χ0v) is 24.5. The van der Waals surface area contributed by atoms with Gasteiger partial charge in [0, 0.05) is 13.0 Å². The van der Waals surface area contributed by atoms with Gasteiger partial charge in [-0.25, -0.2) is 0 Å². The summed E-state index contributed by atoms with van der Waals surface area (Å²) in [5.74, 6) is 1.52. The minimum atomic E-state index is -0.728. The molecule has 2 N–H and O–H groups in total. The monoisotopic (exact) mass is 511 g/mol. The quantitative estimate of drug-likeness (QED) is 0.377. The maximum absolute atomic E-state index is 11.6. The summed E-state index contributed by atoms with van der Waals surface area (Å²) in [5, 5.41) is 18.8. The van der Waals surface area contributed by atoms with Gasteiger partial charge in [0.25, 0.3) is 0 Å². The van der Waals surface area contributed by atoms with Crippen LogP contribution in [-0.4, -0.2) is 33.5 Å². The number of hydrogen-bond acceptors (Lipinski definition) is 4. The minimum Gasteiger partial charge on any atom is -0.508 e. The summed E-state index contributed by atoms with van der Waals surface area (Å²) in [6.45, 7) is 18.5. The summed E-state index contributed by atoms with van der Waals surface area (Å²) in [6, 6.07) is 15.7. The number of aliphatic hydroxyl groups is 1. The molecule has 37 heavy (non-hydrogen) atoms. The van der Waals surface area contributed by atoms with Crippen LogP contribution in [-0.2, 0) is 15.2 Å². The first kappa shape index (κ1) is 32.4. The molecule has 2 aromatic rings. The first-order valence-corrected chi connectivity index (χ1v) is 13.7. The van der Waals surface area contributed by atoms with Gasteiger partial charge in [-0.05, 0) is 80.7 Å². The van der Waals surface area contributed by atoms with Gasteiger partial charge in [-0.15, -0.1) is 0 Å². The number of imide groups is 1. The Morgan fingerprint density at radius 2 is 1.30 bits per heavy atom. The number of aromatic hydroxyl groups is 1. The van der Waals surface area contributed by atoms with E-state index in [0.717, 1.165) is 24.8 Å². The number of likely N-dealkylation sites (tertiary alicyclic amines) is 1. The predicted octanol–water partition coefficient (Wildman–Crippen LogP) is 7.51. The smallest absolute Gasteiger partial charge is 0.235 e. The van der Waals surface area contributed by atoms with Crippen LogP contribution in [0.3, 0.4) is 0 Å². The van der Waals surface area contributed by atoms with E-state index >= 15 is 0 Å². The van der Waals surface area contributed by atoms with Crippen molar-refractivity contribution in [2.45, 2.75) is 105 Å². The molecule has 1 saturated heterocycles. The van der Waals surface area contributed by atoms with Crippen LogP contribution in [0.5, 0.6) is 5.75 Å². The maximum Gasteiger partial charge on any atom is 0.235 e. The van der Waals surface area contributed by atoms with Crippen molar-refractivity contribution in [2.24, 2.45) is 5.41 Å². The van der Waals surface area contributed by atoms with Crippen molar-refractivity contribution in [3.8, 4) is 5.75 Å². The fourth-order valence-corrected chi connectivity index (χ4v) is 4.03. The van der Waals surface area contributed by atoms with Crippen molar-refractivity contribution in [3.05, 3.63) is 65.2 Å². The van der Waals surface area contributed by atoms with Crippen LogP contribution in [0.2, 0.25) is 0 Å². The Balaban J connectivity index is 0.000000280. The first-order valence-electron chi connectivity index (χ1n) is 13.7. The summed E-state index contributed by atoms with van der Waals surface area (Å²) < 4.78 is 0. The molecule has 206 valence electrons. The molecule has 0 saturated carbocycles. The Morgan fingerprint density at radius 3 is 1.59 bits per heavy atom. The van der Waals surface area contributed by atoms with Crippen molar-refractivity contribution in [3.63, 3.8) is 0 Å². The topological polar surface area (TPSA) is 77.8 Å². The number of rotatable bonds is 7. The fourth-order valence-electron chi connectivity index (χ4n) is 4.03. The van der Waals surface area contributed by atoms with Gasteiger partial charge >= 0.3 is 0 Å². The van der Waals surface area contributed by atoms with E-state index in [1.165, 1.54) is 16.0 Å². The van der Waals surface area contributed by atoms with E-state index in [-0.39, 0.29) is 11.8 Å². The van der Waals surface area contributed by atoms with Crippen LogP contribution in [0.15, 0.2) is 48.5 Å². The van der Waals surface area contributed by atoms with Crippen LogP contribution in [0.4, 0.5) is 0 Å². The average Bonchev–Trinajstić information content (AvgIpc) is 3.11. The number of amides is 2. The lowest BCUT2D eigenvalue weighted by Gasteiger charge is -2.18. The van der Waals surface area contributed by atoms with Gasteiger partial charge < -0.3 is 10.2 Å². The van der Waals surface area contributed by atoms with Crippen LogP contribution in [0.1, 0.15) is 117 Å². The van der Waals surface area contributed by atoms with Gasteiger partial charge in [0.05, 0.1) is 11.0 Å². The molecule has 5 nitrogen and oxygen atoms in total. The summed E-state index contributed by atoms with van der Waals surface area (Å²) in [7, 11) is 0. The number of nitrogens with zero attached hydrogens (tertiary/aromatic N) is 1. The van der Waals surface area contributed by atoms with Gasteiger partial charge in [0.15, 0.2) is 0 Å². The molecule has 3 rings (SSSR count). The maximum atomic E-state index is 11.6. The molecule has 2 aromatic carbocycles. The van der Waals surface area contributed by atoms with E-state index in [1.807, 2.05) is 58.9 Å². The van der Waals surface area contributed by atoms with Gasteiger partial charge in [-0.2, -0.15) is 0 Å². The molecule has 1 aliphatic heterocycles. The lowest BCUT2D eigenvalue weighted by molar-refractivity contribution is -0.140. The second-order valence-electron chi connectivity index (χ2n) is 10.9. The molecule has 0 aromatic heterocycles. The molecular weight excluding hydrogens is 462 g/mol. The zero-order valence-electron chi connectivity index (χ0n) is 24.5. The van der Waals surface area contributed by atoms with E-state index in [9.17, 15) is 14.7 Å². The highest BCUT2D eigenvalue weighted by Crippen LogP contribution is 2.35. The van der Waals surface area contributed by atoms with Crippen LogP contribution >= 0.6 is 0 Å². The highest BCUT2D eigenvalue weighted by Gasteiger charge is 2.45. The molecule has 1 heterocycles. The highest BCUT2D eigenvalue weighted by atomic mass is 16.3. The van der Waals surface area contributed by atoms with E-state index < -0.39 is 11.0 Å². The number of hydrogen-bond donors (Lipinski definition) is 2. The standard InChI is InChI=1S/C13H20O.C10H14O.C9H15NO2/c1-5-10(2)11-6-8-12(9-7-11)13(3,4)14;1-3-8(2)9-4-6-10(11)7-5-9;1-4-9(3)6-7(11)10(5-2)8(9)12/h6-10,14H,5H2,1-4H3;4-8,11H,3H2,1-2H3;4-6H2,1-3H3. The van der Waals surface area contributed by atoms with Crippen molar-refractivity contribution in [1.82, 2.24) is 4.90 Å². The Morgan fingerprint density at radius 1 is 0.865 bits per heavy atom. The highest BCUT2D eigenvalue weighted by molar-refractivity contribution is 6.05. The molecule has 3 atom stereocenters. The molecule has 5 heteroatoms. The second kappa shape index (κ2) is 14.3. The molecule has 2 amide bonds. The van der Waals surface area contributed by atoms with Crippen molar-refractivity contribution >= 4 is 11.8 Å². The largest absolute Gasteiger partial charge is 0.508 e. The molecule has 3 unspecified atom stereocenters. The molecule has 0 aliphatic carbocycles. The Hall–Kier alpha value is -2.66. The van der Waals surface area contributed by atoms with Gasteiger partial charge in [0.1, 0.15) is 5.75 Å². The summed E-state index contributed by atoms with van der Waals surface area (Å²) in [5.41, 5.74) is 2.47. The van der Waals surface area contributed by atoms with Crippen molar-refractivity contribution < 1.29 is 19.8 Å². The SMILES string of the molecule is CCC(C)c1ccc(C(C)(C)O)cc1.CCC(C)c1ccc(O)cc1.CCN1C(=O)CC(C)(CC)C1=O. The average molecular weight is 512 g/mol. The van der Waals surface area contributed by atoms with Crippen molar-refractivity contribution in [1.29, 1.82) is 0 Å². The predicted molar refractivity (Wildman–Crippen MR) is 153 cm³/mol. The number of benzene rings is 2. The van der Waals surface area contributed by atoms with Crippen LogP contribution < -0.4 is 0 Å². The number of carbonyl (C=O) groups is 2. The van der Waals surface area contributed by atoms with Crippen LogP contribution in [0.25, 0.3) is 0 Å². The van der Waals surface area contributed by atoms with Gasteiger partial charge in [0.2, 0.25) is 11.8 Å². The molecule has 0 bridgehead atoms. The Kier molecular flexibility index (Phi) is 12.5. The number of phenolic OH excluding ortho intramolecular Hbond substituents is 1. The number of carbonyl (C=O) groups excluding carboxylic acids is 2. The zero-order chi connectivity index (χ0) is 28.4. The Bertz CT molecular complexity index is 975. The van der Waals surface area contributed by atoms with E-state index in [4.69, 9.17) is 5.11 Å². The normalized spacial score (nSPS) is 18.9. The summed E-state index contributed by atoms with van der Waals surface area (Å²) in [6.07, 6.45) is 3.43. The molecule has 1 aliphatic rings.